The lowest BCUT2D eigenvalue weighted by Gasteiger charge is -2.44. The van der Waals surface area contributed by atoms with E-state index in [0.29, 0.717) is 36.1 Å². The Morgan fingerprint density at radius 2 is 1.74 bits per heavy atom. The molecule has 3 unspecified atom stereocenters. The van der Waals surface area contributed by atoms with E-state index < -0.39 is 0 Å². The molecule has 2 fully saturated rings. The summed E-state index contributed by atoms with van der Waals surface area (Å²) in [6.45, 7) is 3.75. The molecule has 5 rings (SSSR count). The van der Waals surface area contributed by atoms with Crippen LogP contribution >= 0.6 is 0 Å². The molecule has 27 heavy (non-hydrogen) atoms. The summed E-state index contributed by atoms with van der Waals surface area (Å²) < 4.78 is 0. The van der Waals surface area contributed by atoms with Crippen molar-refractivity contribution in [1.29, 1.82) is 0 Å². The van der Waals surface area contributed by atoms with Gasteiger partial charge in [-0.2, -0.15) is 0 Å². The number of likely N-dealkylation sites (tertiary alicyclic amines) is 1. The minimum atomic E-state index is -0.186. The molecule has 1 aromatic carbocycles. The van der Waals surface area contributed by atoms with Gasteiger partial charge in [-0.1, -0.05) is 12.1 Å². The van der Waals surface area contributed by atoms with E-state index in [1.165, 1.54) is 10.6 Å². The number of allylic oxidation sites excluding steroid dienone is 2. The molecule has 3 amide bonds. The monoisotopic (exact) mass is 364 g/mol. The van der Waals surface area contributed by atoms with Gasteiger partial charge < -0.3 is 4.90 Å². The highest BCUT2D eigenvalue weighted by molar-refractivity contribution is 6.21. The van der Waals surface area contributed by atoms with Crippen LogP contribution in [0.2, 0.25) is 0 Å². The number of carbonyl (C=O) groups is 3. The maximum absolute atomic E-state index is 12.5. The van der Waals surface area contributed by atoms with Crippen LogP contribution in [0.3, 0.4) is 0 Å². The van der Waals surface area contributed by atoms with Crippen molar-refractivity contribution < 1.29 is 19.3 Å². The molecule has 0 aromatic heterocycles. The van der Waals surface area contributed by atoms with Crippen molar-refractivity contribution in [3.63, 3.8) is 0 Å². The van der Waals surface area contributed by atoms with E-state index in [0.717, 1.165) is 31.0 Å². The third kappa shape index (κ3) is 2.67. The molecule has 4 aliphatic rings. The van der Waals surface area contributed by atoms with E-state index in [4.69, 9.17) is 0 Å². The zero-order valence-corrected chi connectivity index (χ0v) is 15.1. The summed E-state index contributed by atoms with van der Waals surface area (Å²) in [6.07, 6.45) is 6.74. The van der Waals surface area contributed by atoms with Gasteiger partial charge in [0.1, 0.15) is 5.70 Å². The maximum Gasteiger partial charge on any atom is 0.341 e. The Hall–Kier alpha value is -2.57. The number of carbonyl (C=O) groups excluding carboxylic acids is 3. The van der Waals surface area contributed by atoms with Gasteiger partial charge in [-0.3, -0.25) is 14.5 Å². The van der Waals surface area contributed by atoms with Crippen molar-refractivity contribution in [3.05, 3.63) is 59.3 Å². The molecule has 0 saturated carbocycles. The molecule has 1 aromatic rings. The first kappa shape index (κ1) is 16.6. The summed E-state index contributed by atoms with van der Waals surface area (Å²) >= 11 is 0. The van der Waals surface area contributed by atoms with Crippen LogP contribution < -0.4 is 4.90 Å². The Kier molecular flexibility index (Phi) is 3.84. The molecule has 3 atom stereocenters. The van der Waals surface area contributed by atoms with Gasteiger partial charge in [0, 0.05) is 44.1 Å². The van der Waals surface area contributed by atoms with Gasteiger partial charge in [-0.05, 0) is 30.7 Å². The summed E-state index contributed by atoms with van der Waals surface area (Å²) in [4.78, 5) is 41.9. The fourth-order valence-corrected chi connectivity index (χ4v) is 5.01. The van der Waals surface area contributed by atoms with Crippen molar-refractivity contribution in [3.8, 4) is 0 Å². The fraction of sp³-hybridized carbons (Fsp3) is 0.381. The van der Waals surface area contributed by atoms with Crippen LogP contribution in [-0.4, -0.2) is 60.2 Å². The third-order valence-electron chi connectivity index (χ3n) is 6.23. The number of benzene rings is 1. The molecule has 4 heterocycles. The minimum absolute atomic E-state index is 0.168. The second kappa shape index (κ2) is 6.25. The first-order chi connectivity index (χ1) is 13.1. The predicted molar refractivity (Wildman–Crippen MR) is 97.9 cm³/mol. The molecule has 4 aliphatic heterocycles. The van der Waals surface area contributed by atoms with E-state index in [1.54, 1.807) is 30.3 Å². The molecule has 6 nitrogen and oxygen atoms in total. The largest absolute Gasteiger partial charge is 0.341 e. The molecular weight excluding hydrogens is 342 g/mol. The van der Waals surface area contributed by atoms with Crippen LogP contribution in [-0.2, 0) is 4.79 Å². The normalized spacial score (nSPS) is 29.6. The lowest BCUT2D eigenvalue weighted by atomic mass is 9.81. The van der Waals surface area contributed by atoms with Crippen LogP contribution in [0.5, 0.6) is 0 Å². The van der Waals surface area contributed by atoms with Crippen LogP contribution in [0.4, 0.5) is 0 Å². The molecular formula is C21H22N3O3+. The Balaban J connectivity index is 1.27. The fourth-order valence-electron chi connectivity index (χ4n) is 5.01. The second-order valence-corrected chi connectivity index (χ2v) is 7.89. The quantitative estimate of drug-likeness (QED) is 0.773. The Morgan fingerprint density at radius 1 is 1.00 bits per heavy atom. The number of fused-ring (bicyclic) bond motifs is 5. The highest BCUT2D eigenvalue weighted by Crippen LogP contribution is 2.29. The number of imide groups is 1. The molecule has 2 saturated heterocycles. The smallest absolute Gasteiger partial charge is 0.300 e. The number of amides is 3. The van der Waals surface area contributed by atoms with Crippen LogP contribution in [0.25, 0.3) is 0 Å². The van der Waals surface area contributed by atoms with Gasteiger partial charge in [0.05, 0.1) is 17.7 Å². The topological polar surface area (TPSA) is 62.1 Å². The van der Waals surface area contributed by atoms with E-state index in [9.17, 15) is 14.4 Å². The van der Waals surface area contributed by atoms with Gasteiger partial charge in [0.2, 0.25) is 0 Å². The molecule has 0 aliphatic carbocycles. The SMILES string of the molecule is O=C1c2ccccc2C(=O)N1CCN1CC2CC(C1)C1=CC=CC(=O)[NH+]1C2. The number of nitrogens with one attached hydrogen (secondary N) is 1. The zero-order valence-electron chi connectivity index (χ0n) is 15.1. The van der Waals surface area contributed by atoms with Gasteiger partial charge >= 0.3 is 5.91 Å². The summed E-state index contributed by atoms with van der Waals surface area (Å²) in [7, 11) is 0. The van der Waals surface area contributed by atoms with Crippen LogP contribution in [0.15, 0.2) is 48.2 Å². The minimum Gasteiger partial charge on any atom is -0.300 e. The first-order valence-corrected chi connectivity index (χ1v) is 9.58. The number of nitrogens with zero attached hydrogens (tertiary/aromatic N) is 2. The van der Waals surface area contributed by atoms with E-state index in [2.05, 4.69) is 11.0 Å². The van der Waals surface area contributed by atoms with Crippen molar-refractivity contribution in [2.75, 3.05) is 32.7 Å². The maximum atomic E-state index is 12.5. The average Bonchev–Trinajstić information content (AvgIpc) is 2.92. The summed E-state index contributed by atoms with van der Waals surface area (Å²) in [5.74, 6) is 0.655. The number of piperidine rings is 2. The first-order valence-electron chi connectivity index (χ1n) is 9.58. The van der Waals surface area contributed by atoms with Crippen molar-refractivity contribution in [2.45, 2.75) is 6.42 Å². The van der Waals surface area contributed by atoms with Crippen LogP contribution in [0.1, 0.15) is 27.1 Å². The van der Waals surface area contributed by atoms with Gasteiger partial charge in [-0.25, -0.2) is 9.69 Å². The number of hydrogen-bond donors (Lipinski definition) is 1. The van der Waals surface area contributed by atoms with Gasteiger partial charge in [0.25, 0.3) is 11.8 Å². The Morgan fingerprint density at radius 3 is 2.48 bits per heavy atom. The molecule has 0 spiro atoms. The second-order valence-electron chi connectivity index (χ2n) is 7.89. The summed E-state index contributed by atoms with van der Waals surface area (Å²) in [6, 6.07) is 7.03. The van der Waals surface area contributed by atoms with E-state index >= 15 is 0 Å². The van der Waals surface area contributed by atoms with Crippen molar-refractivity contribution in [1.82, 2.24) is 9.80 Å². The van der Waals surface area contributed by atoms with Crippen molar-refractivity contribution >= 4 is 17.7 Å². The molecule has 138 valence electrons. The lowest BCUT2D eigenvalue weighted by Crippen LogP contribution is -3.15. The number of hydrogen-bond acceptors (Lipinski definition) is 4. The molecule has 0 radical (unpaired) electrons. The molecule has 1 N–H and O–H groups in total. The van der Waals surface area contributed by atoms with Gasteiger partial charge in [-0.15, -0.1) is 0 Å². The van der Waals surface area contributed by atoms with E-state index in [1.807, 2.05) is 6.08 Å². The van der Waals surface area contributed by atoms with Crippen LogP contribution in [0, 0.1) is 11.8 Å². The van der Waals surface area contributed by atoms with Crippen molar-refractivity contribution in [2.24, 2.45) is 11.8 Å². The lowest BCUT2D eigenvalue weighted by molar-refractivity contribution is -0.793. The average molecular weight is 364 g/mol. The number of rotatable bonds is 3. The van der Waals surface area contributed by atoms with E-state index in [-0.39, 0.29) is 17.7 Å². The molecule has 2 bridgehead atoms. The Labute approximate surface area is 157 Å². The zero-order chi connectivity index (χ0) is 18.5. The number of quaternary nitrogens is 1. The standard InChI is InChI=1S/C21H21N3O3/c25-19-7-3-6-18-15-10-14(12-24(18)19)11-22(13-15)8-9-23-20(26)16-4-1-2-5-17(16)21(23)27/h1-7,14-15H,8-13H2/p+1. The summed E-state index contributed by atoms with van der Waals surface area (Å²) in [5, 5.41) is 0. The Bertz CT molecular complexity index is 869. The third-order valence-corrected chi connectivity index (χ3v) is 6.23. The molecule has 6 heteroatoms. The summed E-state index contributed by atoms with van der Waals surface area (Å²) in [5.41, 5.74) is 2.22. The predicted octanol–water partition coefficient (Wildman–Crippen LogP) is 0.0995. The van der Waals surface area contributed by atoms with Gasteiger partial charge in [0.15, 0.2) is 0 Å². The highest BCUT2D eigenvalue weighted by Gasteiger charge is 2.44. The highest BCUT2D eigenvalue weighted by atomic mass is 16.2.